The molecule has 0 fully saturated rings. The van der Waals surface area contributed by atoms with Gasteiger partial charge in [-0.15, -0.1) is 0 Å². The van der Waals surface area contributed by atoms with Crippen molar-refractivity contribution < 1.29 is 18.0 Å². The van der Waals surface area contributed by atoms with Crippen molar-refractivity contribution in [2.75, 3.05) is 23.7 Å². The summed E-state index contributed by atoms with van der Waals surface area (Å²) < 4.78 is 26.4. The third kappa shape index (κ3) is 8.52. The van der Waals surface area contributed by atoms with Crippen molar-refractivity contribution in [2.45, 2.75) is 60.0 Å². The fourth-order valence-electron chi connectivity index (χ4n) is 3.84. The zero-order valence-corrected chi connectivity index (χ0v) is 23.6. The fraction of sp³-hybridized carbons (Fsp3) is 0.481. The van der Waals surface area contributed by atoms with Gasteiger partial charge in [0.2, 0.25) is 21.8 Å². The number of halogens is 1. The van der Waals surface area contributed by atoms with E-state index >= 15 is 0 Å². The summed E-state index contributed by atoms with van der Waals surface area (Å²) in [6.45, 7) is 10.5. The Labute approximate surface area is 220 Å². The standard InChI is InChI=1S/C27H38ClN3O4S/c1-19(2)17-29-27(33)22(5)30(18-23-11-8-7-10-20(23)3)26(32)12-9-15-31(36(6,34)35)25-16-24(28)14-13-21(25)4/h7-8,10-11,13-14,16,19,22H,9,12,15,17-18H2,1-6H3,(H,29,33)/t22-/m1/s1. The van der Waals surface area contributed by atoms with E-state index in [2.05, 4.69) is 5.32 Å². The summed E-state index contributed by atoms with van der Waals surface area (Å²) in [7, 11) is -3.59. The number of nitrogens with zero attached hydrogens (tertiary/aromatic N) is 2. The first-order chi connectivity index (χ1) is 16.8. The number of nitrogens with one attached hydrogen (secondary N) is 1. The highest BCUT2D eigenvalue weighted by atomic mass is 35.5. The first kappa shape index (κ1) is 29.6. The summed E-state index contributed by atoms with van der Waals surface area (Å²) in [5.41, 5.74) is 3.26. The molecule has 2 amide bonds. The second-order valence-corrected chi connectivity index (χ2v) is 12.0. The molecule has 0 heterocycles. The molecule has 0 spiro atoms. The van der Waals surface area contributed by atoms with Gasteiger partial charge in [0.25, 0.3) is 0 Å². The number of sulfonamides is 1. The molecule has 7 nitrogen and oxygen atoms in total. The summed E-state index contributed by atoms with van der Waals surface area (Å²) in [6.07, 6.45) is 1.53. The second-order valence-electron chi connectivity index (χ2n) is 9.63. The van der Waals surface area contributed by atoms with Crippen LogP contribution in [-0.2, 0) is 26.2 Å². The fourth-order valence-corrected chi connectivity index (χ4v) is 5.02. The summed E-state index contributed by atoms with van der Waals surface area (Å²) in [5.74, 6) is -0.127. The van der Waals surface area contributed by atoms with E-state index in [0.717, 1.165) is 22.9 Å². The van der Waals surface area contributed by atoms with Crippen molar-refractivity contribution in [1.82, 2.24) is 10.2 Å². The number of hydrogen-bond acceptors (Lipinski definition) is 4. The lowest BCUT2D eigenvalue weighted by Gasteiger charge is -2.30. The van der Waals surface area contributed by atoms with Crippen molar-refractivity contribution in [3.05, 3.63) is 64.2 Å². The maximum Gasteiger partial charge on any atom is 0.242 e. The van der Waals surface area contributed by atoms with Gasteiger partial charge in [-0.05, 0) is 61.9 Å². The number of amides is 2. The van der Waals surface area contributed by atoms with Crippen molar-refractivity contribution >= 4 is 39.1 Å². The first-order valence-corrected chi connectivity index (χ1v) is 14.4. The second kappa shape index (κ2) is 13.1. The van der Waals surface area contributed by atoms with Crippen LogP contribution in [0.2, 0.25) is 5.02 Å². The Kier molecular flexibility index (Phi) is 10.8. The van der Waals surface area contributed by atoms with Gasteiger partial charge in [0.15, 0.2) is 0 Å². The highest BCUT2D eigenvalue weighted by molar-refractivity contribution is 7.92. The monoisotopic (exact) mass is 535 g/mol. The maximum atomic E-state index is 13.4. The smallest absolute Gasteiger partial charge is 0.242 e. The van der Waals surface area contributed by atoms with Crippen LogP contribution in [0.1, 0.15) is 50.3 Å². The Morgan fingerprint density at radius 1 is 1.03 bits per heavy atom. The molecule has 1 N–H and O–H groups in total. The van der Waals surface area contributed by atoms with Crippen LogP contribution in [0.5, 0.6) is 0 Å². The Balaban J connectivity index is 2.21. The zero-order chi connectivity index (χ0) is 27.0. The number of anilines is 1. The molecule has 0 unspecified atom stereocenters. The topological polar surface area (TPSA) is 86.8 Å². The zero-order valence-electron chi connectivity index (χ0n) is 22.0. The van der Waals surface area contributed by atoms with Crippen molar-refractivity contribution in [1.29, 1.82) is 0 Å². The molecular weight excluding hydrogens is 498 g/mol. The van der Waals surface area contributed by atoms with Crippen LogP contribution < -0.4 is 9.62 Å². The number of rotatable bonds is 12. The minimum atomic E-state index is -3.59. The van der Waals surface area contributed by atoms with Gasteiger partial charge < -0.3 is 10.2 Å². The SMILES string of the molecule is Cc1ccccc1CN(C(=O)CCCN(c1cc(Cl)ccc1C)S(C)(=O)=O)[C@H](C)C(=O)NCC(C)C. The van der Waals surface area contributed by atoms with Crippen molar-refractivity contribution in [3.63, 3.8) is 0 Å². The number of hydrogen-bond donors (Lipinski definition) is 1. The predicted molar refractivity (Wildman–Crippen MR) is 147 cm³/mol. The molecule has 198 valence electrons. The van der Waals surface area contributed by atoms with Gasteiger partial charge in [0, 0.05) is 31.1 Å². The van der Waals surface area contributed by atoms with Crippen LogP contribution in [0.3, 0.4) is 0 Å². The van der Waals surface area contributed by atoms with E-state index in [-0.39, 0.29) is 24.8 Å². The Hall–Kier alpha value is -2.58. The van der Waals surface area contributed by atoms with Gasteiger partial charge in [-0.1, -0.05) is 55.8 Å². The number of carbonyl (C=O) groups excluding carboxylic acids is 2. The quantitative estimate of drug-likeness (QED) is 0.427. The van der Waals surface area contributed by atoms with E-state index < -0.39 is 16.1 Å². The highest BCUT2D eigenvalue weighted by Crippen LogP contribution is 2.27. The van der Waals surface area contributed by atoms with Gasteiger partial charge in [0.1, 0.15) is 6.04 Å². The third-order valence-electron chi connectivity index (χ3n) is 6.05. The van der Waals surface area contributed by atoms with Crippen molar-refractivity contribution in [2.24, 2.45) is 5.92 Å². The lowest BCUT2D eigenvalue weighted by molar-refractivity contribution is -0.140. The molecule has 0 radical (unpaired) electrons. The Morgan fingerprint density at radius 2 is 1.69 bits per heavy atom. The molecule has 0 aromatic heterocycles. The first-order valence-electron chi connectivity index (χ1n) is 12.2. The molecule has 0 saturated heterocycles. The lowest BCUT2D eigenvalue weighted by Crippen LogP contribution is -2.48. The van der Waals surface area contributed by atoms with Crippen LogP contribution in [0.4, 0.5) is 5.69 Å². The van der Waals surface area contributed by atoms with E-state index in [9.17, 15) is 18.0 Å². The third-order valence-corrected chi connectivity index (χ3v) is 7.46. The highest BCUT2D eigenvalue weighted by Gasteiger charge is 2.27. The van der Waals surface area contributed by atoms with Gasteiger partial charge in [-0.3, -0.25) is 13.9 Å². The lowest BCUT2D eigenvalue weighted by atomic mass is 10.1. The molecule has 2 aromatic rings. The van der Waals surface area contributed by atoms with E-state index in [1.165, 1.54) is 4.31 Å². The molecule has 0 saturated carbocycles. The molecule has 0 aliphatic rings. The molecular formula is C27H38ClN3O4S. The van der Waals surface area contributed by atoms with E-state index in [1.807, 2.05) is 52.0 Å². The normalized spacial score (nSPS) is 12.3. The average Bonchev–Trinajstić information content (AvgIpc) is 2.80. The van der Waals surface area contributed by atoms with Gasteiger partial charge in [-0.25, -0.2) is 8.42 Å². The van der Waals surface area contributed by atoms with Gasteiger partial charge in [0.05, 0.1) is 11.9 Å². The molecule has 36 heavy (non-hydrogen) atoms. The minimum absolute atomic E-state index is 0.0965. The molecule has 2 aromatic carbocycles. The van der Waals surface area contributed by atoms with Crippen LogP contribution in [0.25, 0.3) is 0 Å². The molecule has 9 heteroatoms. The summed E-state index contributed by atoms with van der Waals surface area (Å²) in [6, 6.07) is 12.2. The number of benzene rings is 2. The average molecular weight is 536 g/mol. The van der Waals surface area contributed by atoms with Crippen molar-refractivity contribution in [3.8, 4) is 0 Å². The van der Waals surface area contributed by atoms with E-state index in [4.69, 9.17) is 11.6 Å². The Morgan fingerprint density at radius 3 is 2.31 bits per heavy atom. The largest absolute Gasteiger partial charge is 0.354 e. The minimum Gasteiger partial charge on any atom is -0.354 e. The van der Waals surface area contributed by atoms with Gasteiger partial charge in [-0.2, -0.15) is 0 Å². The van der Waals surface area contributed by atoms with Crippen LogP contribution >= 0.6 is 11.6 Å². The van der Waals surface area contributed by atoms with Crippen LogP contribution in [-0.4, -0.2) is 50.5 Å². The molecule has 1 atom stereocenters. The van der Waals surface area contributed by atoms with Gasteiger partial charge >= 0.3 is 0 Å². The summed E-state index contributed by atoms with van der Waals surface area (Å²) in [4.78, 5) is 27.8. The van der Waals surface area contributed by atoms with Crippen LogP contribution in [0.15, 0.2) is 42.5 Å². The maximum absolute atomic E-state index is 13.4. The summed E-state index contributed by atoms with van der Waals surface area (Å²) in [5, 5.41) is 3.35. The van der Waals surface area contributed by atoms with E-state index in [1.54, 1.807) is 30.0 Å². The predicted octanol–water partition coefficient (Wildman–Crippen LogP) is 4.69. The van der Waals surface area contributed by atoms with E-state index in [0.29, 0.717) is 36.1 Å². The molecule has 0 aliphatic carbocycles. The molecule has 0 bridgehead atoms. The van der Waals surface area contributed by atoms with Crippen LogP contribution in [0, 0.1) is 19.8 Å². The molecule has 0 aliphatic heterocycles. The molecule has 2 rings (SSSR count). The Bertz CT molecular complexity index is 1170. The number of carbonyl (C=O) groups is 2. The number of aryl methyl sites for hydroxylation is 2. The summed E-state index contributed by atoms with van der Waals surface area (Å²) >= 11 is 6.12.